The predicted octanol–water partition coefficient (Wildman–Crippen LogP) is 1.18. The van der Waals surface area contributed by atoms with Gasteiger partial charge in [0.1, 0.15) is 0 Å². The highest BCUT2D eigenvalue weighted by atomic mass is 32.1. The Morgan fingerprint density at radius 1 is 1.71 bits per heavy atom. The van der Waals surface area contributed by atoms with Crippen molar-refractivity contribution in [3.05, 3.63) is 27.9 Å². The maximum atomic E-state index is 11.2. The van der Waals surface area contributed by atoms with E-state index in [1.54, 1.807) is 0 Å². The molecule has 0 saturated heterocycles. The Labute approximate surface area is 84.0 Å². The van der Waals surface area contributed by atoms with Crippen LogP contribution in [-0.4, -0.2) is 20.6 Å². The van der Waals surface area contributed by atoms with E-state index in [0.717, 1.165) is 4.57 Å². The molecule has 0 saturated carbocycles. The molecule has 1 rings (SSSR count). The van der Waals surface area contributed by atoms with Crippen LogP contribution in [0.5, 0.6) is 0 Å². The molecule has 7 heteroatoms. The van der Waals surface area contributed by atoms with Crippen molar-refractivity contribution in [2.24, 2.45) is 12.0 Å². The Morgan fingerprint density at radius 3 is 2.79 bits per heavy atom. The number of thiocarbonyl (C=S) groups is 1. The Kier molecular flexibility index (Phi) is 2.85. The van der Waals surface area contributed by atoms with Gasteiger partial charge in [0.2, 0.25) is 0 Å². The van der Waals surface area contributed by atoms with Crippen molar-refractivity contribution in [3.8, 4) is 0 Å². The molecule has 0 fully saturated rings. The molecular weight excluding hydrogens is 206 g/mol. The fourth-order valence-electron chi connectivity index (χ4n) is 0.997. The van der Waals surface area contributed by atoms with Crippen LogP contribution in [0.2, 0.25) is 0 Å². The van der Waals surface area contributed by atoms with Gasteiger partial charge in [-0.15, -0.1) is 4.99 Å². The Hall–Kier alpha value is -1.85. The molecule has 0 aliphatic rings. The van der Waals surface area contributed by atoms with E-state index in [0.29, 0.717) is 0 Å². The van der Waals surface area contributed by atoms with E-state index >= 15 is 0 Å². The number of hydrogen-bond donors (Lipinski definition) is 0. The van der Waals surface area contributed by atoms with Gasteiger partial charge in [0.15, 0.2) is 5.69 Å². The summed E-state index contributed by atoms with van der Waals surface area (Å²) >= 11 is 4.25. The van der Waals surface area contributed by atoms with Crippen molar-refractivity contribution in [1.82, 2.24) is 4.57 Å². The molecule has 1 amide bonds. The molecule has 0 spiro atoms. The average Bonchev–Trinajstić information content (AvgIpc) is 2.47. The van der Waals surface area contributed by atoms with E-state index in [9.17, 15) is 14.9 Å². The van der Waals surface area contributed by atoms with Crippen molar-refractivity contribution in [2.45, 2.75) is 0 Å². The first-order valence-corrected chi connectivity index (χ1v) is 3.91. The zero-order chi connectivity index (χ0) is 10.7. The number of amides is 1. The number of nitrogens with zero attached hydrogens (tertiary/aromatic N) is 3. The Bertz CT molecular complexity index is 445. The normalized spacial score (nSPS) is 9.21. The lowest BCUT2D eigenvalue weighted by Crippen LogP contribution is -2.05. The standard InChI is InChI=1S/C7H5N3O3S/c1-9-5(7(11)8-4-14)2-3-6(9)10(12)13/h2-3H,1H3. The molecule has 1 heterocycles. The second-order valence-corrected chi connectivity index (χ2v) is 2.58. The van der Waals surface area contributed by atoms with Gasteiger partial charge in [-0.05, 0) is 23.2 Å². The topological polar surface area (TPSA) is 77.5 Å². The van der Waals surface area contributed by atoms with Crippen molar-refractivity contribution < 1.29 is 9.72 Å². The largest absolute Gasteiger partial charge is 0.358 e. The van der Waals surface area contributed by atoms with Crippen LogP contribution in [0.25, 0.3) is 0 Å². The predicted molar refractivity (Wildman–Crippen MR) is 51.4 cm³/mol. The van der Waals surface area contributed by atoms with Crippen LogP contribution in [0.1, 0.15) is 10.5 Å². The molecule has 14 heavy (non-hydrogen) atoms. The van der Waals surface area contributed by atoms with Gasteiger partial charge in [0.05, 0.1) is 12.2 Å². The molecule has 72 valence electrons. The third-order valence-corrected chi connectivity index (χ3v) is 1.74. The second kappa shape index (κ2) is 3.91. The lowest BCUT2D eigenvalue weighted by molar-refractivity contribution is -0.391. The fraction of sp³-hybridized carbons (Fsp3) is 0.143. The monoisotopic (exact) mass is 211 g/mol. The van der Waals surface area contributed by atoms with Gasteiger partial charge in [-0.1, -0.05) is 0 Å². The van der Waals surface area contributed by atoms with E-state index in [1.807, 2.05) is 5.16 Å². The van der Waals surface area contributed by atoms with Gasteiger partial charge in [-0.3, -0.25) is 4.79 Å². The molecule has 0 aromatic carbocycles. The quantitative estimate of drug-likeness (QED) is 0.318. The highest BCUT2D eigenvalue weighted by Crippen LogP contribution is 2.15. The fourth-order valence-corrected chi connectivity index (χ4v) is 1.08. The third-order valence-electron chi connectivity index (χ3n) is 1.65. The summed E-state index contributed by atoms with van der Waals surface area (Å²) in [7, 11) is 1.41. The minimum atomic E-state index is -0.643. The van der Waals surface area contributed by atoms with Gasteiger partial charge in [-0.2, -0.15) is 0 Å². The highest BCUT2D eigenvalue weighted by molar-refractivity contribution is 7.78. The molecule has 0 aliphatic carbocycles. The molecular formula is C7H5N3O3S. The van der Waals surface area contributed by atoms with Crippen LogP contribution in [0, 0.1) is 10.1 Å². The number of nitro groups is 1. The number of carbonyl (C=O) groups excluding carboxylic acids is 1. The summed E-state index contributed by atoms with van der Waals surface area (Å²) in [4.78, 5) is 24.2. The number of carbonyl (C=O) groups is 1. The maximum absolute atomic E-state index is 11.2. The van der Waals surface area contributed by atoms with E-state index < -0.39 is 10.8 Å². The lowest BCUT2D eigenvalue weighted by atomic mass is 10.4. The average molecular weight is 211 g/mol. The molecule has 0 bridgehead atoms. The van der Waals surface area contributed by atoms with Crippen LogP contribution in [-0.2, 0) is 7.05 Å². The summed E-state index contributed by atoms with van der Waals surface area (Å²) in [5, 5.41) is 12.3. The molecule has 0 radical (unpaired) electrons. The summed E-state index contributed by atoms with van der Waals surface area (Å²) in [5.74, 6) is -0.816. The summed E-state index contributed by atoms with van der Waals surface area (Å²) in [6, 6.07) is 2.54. The van der Waals surface area contributed by atoms with E-state index in [4.69, 9.17) is 0 Å². The lowest BCUT2D eigenvalue weighted by Gasteiger charge is -1.95. The first-order valence-electron chi connectivity index (χ1n) is 3.50. The summed E-state index contributed by atoms with van der Waals surface area (Å²) < 4.78 is 1.14. The molecule has 1 aromatic rings. The Balaban J connectivity index is 3.19. The van der Waals surface area contributed by atoms with Crippen LogP contribution < -0.4 is 0 Å². The van der Waals surface area contributed by atoms with Crippen LogP contribution in [0.15, 0.2) is 17.1 Å². The maximum Gasteiger partial charge on any atom is 0.325 e. The minimum Gasteiger partial charge on any atom is -0.358 e. The van der Waals surface area contributed by atoms with Gasteiger partial charge in [0, 0.05) is 6.07 Å². The number of aliphatic imine (C=N–C) groups is 1. The van der Waals surface area contributed by atoms with Crippen molar-refractivity contribution in [2.75, 3.05) is 0 Å². The molecule has 0 unspecified atom stereocenters. The van der Waals surface area contributed by atoms with Crippen molar-refractivity contribution >= 4 is 29.1 Å². The van der Waals surface area contributed by atoms with Gasteiger partial charge < -0.3 is 10.1 Å². The van der Waals surface area contributed by atoms with E-state index in [1.165, 1.54) is 19.2 Å². The van der Waals surface area contributed by atoms with Gasteiger partial charge in [0.25, 0.3) is 0 Å². The first-order chi connectivity index (χ1) is 6.57. The molecule has 6 nitrogen and oxygen atoms in total. The smallest absolute Gasteiger partial charge is 0.325 e. The number of isothiocyanates is 1. The van der Waals surface area contributed by atoms with Crippen LogP contribution >= 0.6 is 12.2 Å². The number of hydrogen-bond acceptors (Lipinski definition) is 4. The van der Waals surface area contributed by atoms with Crippen molar-refractivity contribution in [3.63, 3.8) is 0 Å². The SMILES string of the molecule is Cn1c(C(=O)N=C=S)ccc1[N+](=O)[O-]. The zero-order valence-electron chi connectivity index (χ0n) is 7.13. The van der Waals surface area contributed by atoms with Gasteiger partial charge >= 0.3 is 11.7 Å². The first kappa shape index (κ1) is 10.2. The number of rotatable bonds is 2. The second-order valence-electron chi connectivity index (χ2n) is 2.40. The number of aromatic nitrogens is 1. The van der Waals surface area contributed by atoms with Crippen molar-refractivity contribution in [1.29, 1.82) is 0 Å². The molecule has 0 N–H and O–H groups in total. The molecule has 0 aliphatic heterocycles. The summed E-state index contributed by atoms with van der Waals surface area (Å²) in [6.45, 7) is 0. The Morgan fingerprint density at radius 2 is 2.36 bits per heavy atom. The summed E-state index contributed by atoms with van der Waals surface area (Å²) in [5.41, 5.74) is 0.106. The van der Waals surface area contributed by atoms with Crippen LogP contribution in [0.4, 0.5) is 5.82 Å². The summed E-state index contributed by atoms with van der Waals surface area (Å²) in [6.07, 6.45) is 0. The van der Waals surface area contributed by atoms with E-state index in [2.05, 4.69) is 17.2 Å². The van der Waals surface area contributed by atoms with E-state index in [-0.39, 0.29) is 11.5 Å². The molecule has 1 aromatic heterocycles. The highest BCUT2D eigenvalue weighted by Gasteiger charge is 2.19. The molecule has 0 atom stereocenters. The minimum absolute atomic E-state index is 0.106. The van der Waals surface area contributed by atoms with Crippen LogP contribution in [0.3, 0.4) is 0 Å². The zero-order valence-corrected chi connectivity index (χ0v) is 7.95. The van der Waals surface area contributed by atoms with Gasteiger partial charge in [-0.25, -0.2) is 4.57 Å². The third kappa shape index (κ3) is 1.73.